The summed E-state index contributed by atoms with van der Waals surface area (Å²) in [7, 11) is 0. The normalized spacial score (nSPS) is 12.2. The molecule has 0 aliphatic carbocycles. The third-order valence-electron chi connectivity index (χ3n) is 1.83. The van der Waals surface area contributed by atoms with Gasteiger partial charge in [0.05, 0.1) is 6.61 Å². The number of rotatable bonds is 7. The summed E-state index contributed by atoms with van der Waals surface area (Å²) < 4.78 is 5.39. The summed E-state index contributed by atoms with van der Waals surface area (Å²) in [5, 5.41) is 0. The zero-order valence-electron chi connectivity index (χ0n) is 9.01. The number of carbonyl (C=O) groups excluding carboxylic acids is 1. The molecule has 1 unspecified atom stereocenters. The van der Waals surface area contributed by atoms with Gasteiger partial charge in [-0.15, -0.1) is 6.58 Å². The van der Waals surface area contributed by atoms with Gasteiger partial charge in [0.15, 0.2) is 0 Å². The summed E-state index contributed by atoms with van der Waals surface area (Å²) in [6.45, 7) is 8.21. The number of ether oxygens (including phenoxy) is 1. The van der Waals surface area contributed by atoms with Crippen LogP contribution in [0.25, 0.3) is 0 Å². The summed E-state index contributed by atoms with van der Waals surface area (Å²) >= 11 is 0. The second-order valence-electron chi connectivity index (χ2n) is 3.36. The van der Waals surface area contributed by atoms with Crippen molar-refractivity contribution in [2.75, 3.05) is 6.61 Å². The van der Waals surface area contributed by atoms with E-state index in [0.29, 0.717) is 13.0 Å². The van der Waals surface area contributed by atoms with E-state index >= 15 is 0 Å². The van der Waals surface area contributed by atoms with E-state index in [0.717, 1.165) is 18.4 Å². The molecule has 0 aliphatic rings. The summed E-state index contributed by atoms with van der Waals surface area (Å²) in [6, 6.07) is 0. The molecule has 0 aromatic heterocycles. The molecule has 1 atom stereocenters. The molecular weight excluding hydrogens is 180 g/mol. The summed E-state index contributed by atoms with van der Waals surface area (Å²) in [5.74, 6) is 4.78. The fourth-order valence-corrected chi connectivity index (χ4v) is 1.02. The summed E-state index contributed by atoms with van der Waals surface area (Å²) in [4.78, 5) is 11.2. The molecule has 0 heterocycles. The largest absolute Gasteiger partial charge is 0.368 e. The molecule has 4 nitrogen and oxygen atoms in total. The van der Waals surface area contributed by atoms with E-state index in [-0.39, 0.29) is 5.91 Å². The van der Waals surface area contributed by atoms with Gasteiger partial charge >= 0.3 is 0 Å². The van der Waals surface area contributed by atoms with Crippen molar-refractivity contribution >= 4 is 5.91 Å². The molecule has 0 bridgehead atoms. The topological polar surface area (TPSA) is 64.3 Å². The Morgan fingerprint density at radius 2 is 2.29 bits per heavy atom. The molecule has 0 rings (SSSR count). The fourth-order valence-electron chi connectivity index (χ4n) is 1.02. The first-order valence-corrected chi connectivity index (χ1v) is 4.88. The maximum Gasteiger partial charge on any atom is 0.262 e. The first-order chi connectivity index (χ1) is 6.61. The molecule has 0 aromatic carbocycles. The van der Waals surface area contributed by atoms with Crippen LogP contribution >= 0.6 is 0 Å². The predicted octanol–water partition coefficient (Wildman–Crippen LogP) is 1.13. The van der Waals surface area contributed by atoms with Gasteiger partial charge < -0.3 is 4.74 Å². The van der Waals surface area contributed by atoms with Crippen LogP contribution in [0.15, 0.2) is 12.2 Å². The molecule has 14 heavy (non-hydrogen) atoms. The molecule has 3 N–H and O–H groups in total. The molecule has 4 heteroatoms. The minimum absolute atomic E-state index is 0.256. The zero-order chi connectivity index (χ0) is 11.0. The van der Waals surface area contributed by atoms with Gasteiger partial charge in [-0.25, -0.2) is 5.84 Å². The van der Waals surface area contributed by atoms with Gasteiger partial charge in [-0.05, 0) is 19.8 Å². The Hall–Kier alpha value is -0.870. The van der Waals surface area contributed by atoms with E-state index in [4.69, 9.17) is 10.6 Å². The SMILES string of the molecule is C=C(C)CCOC(CCC)C(=O)NN. The zero-order valence-corrected chi connectivity index (χ0v) is 9.01. The van der Waals surface area contributed by atoms with Gasteiger partial charge in [-0.2, -0.15) is 0 Å². The first-order valence-electron chi connectivity index (χ1n) is 4.88. The summed E-state index contributed by atoms with van der Waals surface area (Å²) in [6.07, 6.45) is 1.94. The molecule has 0 saturated heterocycles. The smallest absolute Gasteiger partial charge is 0.262 e. The fraction of sp³-hybridized carbons (Fsp3) is 0.700. The number of hydrogen-bond acceptors (Lipinski definition) is 3. The highest BCUT2D eigenvalue weighted by molar-refractivity contribution is 5.80. The number of hydrazine groups is 1. The predicted molar refractivity (Wildman–Crippen MR) is 56.4 cm³/mol. The second-order valence-corrected chi connectivity index (χ2v) is 3.36. The molecule has 0 fully saturated rings. The van der Waals surface area contributed by atoms with Crippen molar-refractivity contribution in [3.63, 3.8) is 0 Å². The van der Waals surface area contributed by atoms with Crippen molar-refractivity contribution < 1.29 is 9.53 Å². The molecule has 82 valence electrons. The minimum Gasteiger partial charge on any atom is -0.368 e. The summed E-state index contributed by atoms with van der Waals surface area (Å²) in [5.41, 5.74) is 3.15. The van der Waals surface area contributed by atoms with E-state index in [9.17, 15) is 4.79 Å². The van der Waals surface area contributed by atoms with Crippen LogP contribution in [0, 0.1) is 0 Å². The Balaban J connectivity index is 3.84. The van der Waals surface area contributed by atoms with Gasteiger partial charge in [0.1, 0.15) is 6.10 Å². The van der Waals surface area contributed by atoms with E-state index in [1.54, 1.807) is 0 Å². The molecular formula is C10H20N2O2. The average molecular weight is 200 g/mol. The number of carbonyl (C=O) groups is 1. The molecule has 0 aromatic rings. The van der Waals surface area contributed by atoms with Crippen LogP contribution in [0.5, 0.6) is 0 Å². The van der Waals surface area contributed by atoms with Crippen LogP contribution in [0.1, 0.15) is 33.1 Å². The van der Waals surface area contributed by atoms with Crippen molar-refractivity contribution in [1.82, 2.24) is 5.43 Å². The molecule has 1 amide bonds. The number of nitrogens with two attached hydrogens (primary N) is 1. The Kier molecular flexibility index (Phi) is 7.06. The van der Waals surface area contributed by atoms with Crippen LogP contribution in [0.2, 0.25) is 0 Å². The molecule has 0 spiro atoms. The van der Waals surface area contributed by atoms with E-state index in [1.807, 2.05) is 13.8 Å². The van der Waals surface area contributed by atoms with Gasteiger partial charge in [0, 0.05) is 0 Å². The third kappa shape index (κ3) is 5.72. The van der Waals surface area contributed by atoms with E-state index in [2.05, 4.69) is 12.0 Å². The Bertz CT molecular complexity index is 193. The van der Waals surface area contributed by atoms with E-state index < -0.39 is 6.10 Å². The van der Waals surface area contributed by atoms with Crippen molar-refractivity contribution in [2.24, 2.45) is 5.84 Å². The highest BCUT2D eigenvalue weighted by Gasteiger charge is 2.16. The Morgan fingerprint density at radius 3 is 2.71 bits per heavy atom. The van der Waals surface area contributed by atoms with Gasteiger partial charge in [0.2, 0.25) is 0 Å². The first kappa shape index (κ1) is 13.1. The van der Waals surface area contributed by atoms with Gasteiger partial charge in [-0.3, -0.25) is 10.2 Å². The third-order valence-corrected chi connectivity index (χ3v) is 1.83. The Morgan fingerprint density at radius 1 is 1.64 bits per heavy atom. The van der Waals surface area contributed by atoms with Crippen LogP contribution in [-0.2, 0) is 9.53 Å². The lowest BCUT2D eigenvalue weighted by molar-refractivity contribution is -0.133. The lowest BCUT2D eigenvalue weighted by atomic mass is 10.2. The van der Waals surface area contributed by atoms with Crippen molar-refractivity contribution in [2.45, 2.75) is 39.2 Å². The second kappa shape index (κ2) is 7.53. The number of hydrogen-bond donors (Lipinski definition) is 2. The highest BCUT2D eigenvalue weighted by atomic mass is 16.5. The van der Waals surface area contributed by atoms with Crippen LogP contribution < -0.4 is 11.3 Å². The van der Waals surface area contributed by atoms with Crippen LogP contribution in [0.4, 0.5) is 0 Å². The maximum atomic E-state index is 11.2. The monoisotopic (exact) mass is 200 g/mol. The lowest BCUT2D eigenvalue weighted by Gasteiger charge is -2.15. The quantitative estimate of drug-likeness (QED) is 0.280. The highest BCUT2D eigenvalue weighted by Crippen LogP contribution is 2.04. The lowest BCUT2D eigenvalue weighted by Crippen LogP contribution is -2.40. The van der Waals surface area contributed by atoms with E-state index in [1.165, 1.54) is 0 Å². The van der Waals surface area contributed by atoms with Crippen molar-refractivity contribution in [1.29, 1.82) is 0 Å². The van der Waals surface area contributed by atoms with Crippen LogP contribution in [-0.4, -0.2) is 18.6 Å². The number of amides is 1. The maximum absolute atomic E-state index is 11.2. The molecule has 0 radical (unpaired) electrons. The minimum atomic E-state index is -0.427. The molecule has 0 saturated carbocycles. The van der Waals surface area contributed by atoms with Crippen molar-refractivity contribution in [3.05, 3.63) is 12.2 Å². The van der Waals surface area contributed by atoms with Crippen LogP contribution in [0.3, 0.4) is 0 Å². The van der Waals surface area contributed by atoms with Gasteiger partial charge in [-0.1, -0.05) is 18.9 Å². The standard InChI is InChI=1S/C10H20N2O2/c1-4-5-9(10(13)12-11)14-7-6-8(2)3/h9H,2,4-7,11H2,1,3H3,(H,12,13). The van der Waals surface area contributed by atoms with Crippen molar-refractivity contribution in [3.8, 4) is 0 Å². The van der Waals surface area contributed by atoms with Gasteiger partial charge in [0.25, 0.3) is 5.91 Å². The molecule has 0 aliphatic heterocycles. The number of nitrogens with one attached hydrogen (secondary N) is 1. The Labute approximate surface area is 85.5 Å². The average Bonchev–Trinajstić information content (AvgIpc) is 2.15.